The molecular formula is C18H20ClN5O3S. The maximum absolute atomic E-state index is 11.8. The summed E-state index contributed by atoms with van der Waals surface area (Å²) in [5, 5.41) is 13.6. The van der Waals surface area contributed by atoms with E-state index in [1.807, 2.05) is 6.92 Å². The molecule has 148 valence electrons. The van der Waals surface area contributed by atoms with Crippen LogP contribution in [-0.4, -0.2) is 40.7 Å². The quantitative estimate of drug-likeness (QED) is 0.460. The van der Waals surface area contributed by atoms with Gasteiger partial charge in [-0.3, -0.25) is 4.79 Å². The zero-order valence-electron chi connectivity index (χ0n) is 15.3. The van der Waals surface area contributed by atoms with E-state index in [0.29, 0.717) is 44.6 Å². The molecule has 1 aromatic carbocycles. The molecule has 2 heterocycles. The van der Waals surface area contributed by atoms with Gasteiger partial charge in [0.05, 0.1) is 36.5 Å². The Morgan fingerprint density at radius 2 is 2.14 bits per heavy atom. The first-order chi connectivity index (χ1) is 13.4. The Kier molecular flexibility index (Phi) is 5.87. The summed E-state index contributed by atoms with van der Waals surface area (Å²) in [4.78, 5) is 21.5. The first-order valence-electron chi connectivity index (χ1n) is 8.50. The van der Waals surface area contributed by atoms with Gasteiger partial charge in [0.25, 0.3) is 5.91 Å². The van der Waals surface area contributed by atoms with Crippen molar-refractivity contribution in [2.45, 2.75) is 19.4 Å². The first-order valence-corrected chi connectivity index (χ1v) is 9.69. The zero-order valence-corrected chi connectivity index (χ0v) is 16.9. The fourth-order valence-electron chi connectivity index (χ4n) is 2.76. The molecule has 3 rings (SSSR count). The number of nitrogen functional groups attached to an aromatic ring is 1. The summed E-state index contributed by atoms with van der Waals surface area (Å²) in [5.74, 6) is 0.223. The summed E-state index contributed by atoms with van der Waals surface area (Å²) in [7, 11) is 1.54. The molecule has 28 heavy (non-hydrogen) atoms. The lowest BCUT2D eigenvalue weighted by atomic mass is 10.1. The number of nitrogens with zero attached hydrogens (tertiary/aromatic N) is 2. The van der Waals surface area contributed by atoms with Crippen LogP contribution in [-0.2, 0) is 0 Å². The number of methoxy groups -OCH3 is 1. The molecule has 0 saturated heterocycles. The van der Waals surface area contributed by atoms with Gasteiger partial charge in [-0.25, -0.2) is 9.97 Å². The number of nitrogens with two attached hydrogens (primary N) is 2. The second-order valence-corrected chi connectivity index (χ2v) is 7.53. The molecule has 3 aromatic rings. The molecular weight excluding hydrogens is 402 g/mol. The number of nitrogens with one attached hydrogen (secondary N) is 1. The van der Waals surface area contributed by atoms with Crippen LogP contribution in [0.15, 0.2) is 18.2 Å². The van der Waals surface area contributed by atoms with E-state index in [0.717, 1.165) is 11.3 Å². The smallest absolute Gasteiger partial charge is 0.260 e. The Labute approximate surface area is 170 Å². The molecule has 0 bridgehead atoms. The number of halogens is 1. The van der Waals surface area contributed by atoms with Gasteiger partial charge in [0.15, 0.2) is 0 Å². The van der Waals surface area contributed by atoms with E-state index in [1.54, 1.807) is 18.2 Å². The van der Waals surface area contributed by atoms with Gasteiger partial charge in [0.1, 0.15) is 15.5 Å². The fourth-order valence-corrected chi connectivity index (χ4v) is 3.93. The molecule has 0 spiro atoms. The van der Waals surface area contributed by atoms with Crippen LogP contribution in [0.1, 0.15) is 23.0 Å². The number of carbonyl (C=O) groups excluding carboxylic acids is 1. The molecule has 10 heteroatoms. The van der Waals surface area contributed by atoms with Gasteiger partial charge in [0, 0.05) is 10.6 Å². The SMILES string of the molecule is CC[C@H](CO)Nc1nc(-c2cc(Cl)cc(OC)c2)c2c(N)c(C(N)=O)sc2n1. The monoisotopic (exact) mass is 421 g/mol. The van der Waals surface area contributed by atoms with Crippen LogP contribution in [0.5, 0.6) is 5.75 Å². The third kappa shape index (κ3) is 3.82. The Morgan fingerprint density at radius 1 is 1.39 bits per heavy atom. The standard InChI is InChI=1S/C18H20ClN5O3S/c1-3-10(7-25)22-18-23-14(8-4-9(19)6-11(5-8)27-2)12-13(20)15(16(21)26)28-17(12)24-18/h4-6,10,25H,3,7,20H2,1-2H3,(H2,21,26)(H,22,23,24)/t10-/m1/s1. The van der Waals surface area contributed by atoms with Crippen molar-refractivity contribution in [3.8, 4) is 17.0 Å². The van der Waals surface area contributed by atoms with Crippen LogP contribution < -0.4 is 21.5 Å². The van der Waals surface area contributed by atoms with Crippen molar-refractivity contribution in [1.82, 2.24) is 9.97 Å². The molecule has 0 aliphatic heterocycles. The summed E-state index contributed by atoms with van der Waals surface area (Å²) in [6, 6.07) is 4.95. The third-order valence-electron chi connectivity index (χ3n) is 4.24. The summed E-state index contributed by atoms with van der Waals surface area (Å²) in [5.41, 5.74) is 13.0. The molecule has 2 aromatic heterocycles. The number of aliphatic hydroxyl groups excluding tert-OH is 1. The molecule has 6 N–H and O–H groups in total. The van der Waals surface area contributed by atoms with E-state index < -0.39 is 5.91 Å². The zero-order chi connectivity index (χ0) is 20.4. The van der Waals surface area contributed by atoms with Crippen molar-refractivity contribution in [1.29, 1.82) is 0 Å². The predicted octanol–water partition coefficient (Wildman–Crippen LogP) is 2.88. The number of anilines is 2. The number of ether oxygens (including phenoxy) is 1. The molecule has 0 fully saturated rings. The Hall–Kier alpha value is -2.62. The van der Waals surface area contributed by atoms with Crippen LogP contribution in [0.2, 0.25) is 5.02 Å². The maximum Gasteiger partial charge on any atom is 0.260 e. The minimum atomic E-state index is -0.633. The van der Waals surface area contributed by atoms with E-state index in [9.17, 15) is 9.90 Å². The second-order valence-electron chi connectivity index (χ2n) is 6.10. The highest BCUT2D eigenvalue weighted by molar-refractivity contribution is 7.21. The van der Waals surface area contributed by atoms with Gasteiger partial charge in [0.2, 0.25) is 5.95 Å². The van der Waals surface area contributed by atoms with Gasteiger partial charge in [-0.15, -0.1) is 11.3 Å². The minimum Gasteiger partial charge on any atom is -0.497 e. The number of amides is 1. The van der Waals surface area contributed by atoms with Gasteiger partial charge in [-0.1, -0.05) is 18.5 Å². The van der Waals surface area contributed by atoms with Crippen LogP contribution in [0.25, 0.3) is 21.5 Å². The molecule has 0 aliphatic carbocycles. The third-order valence-corrected chi connectivity index (χ3v) is 5.57. The van der Waals surface area contributed by atoms with Crippen LogP contribution in [0.3, 0.4) is 0 Å². The van der Waals surface area contributed by atoms with Crippen molar-refractivity contribution in [2.24, 2.45) is 5.73 Å². The molecule has 0 saturated carbocycles. The lowest BCUT2D eigenvalue weighted by Gasteiger charge is -2.15. The molecule has 0 unspecified atom stereocenters. The number of aromatic nitrogens is 2. The van der Waals surface area contributed by atoms with Gasteiger partial charge in [-0.05, 0) is 24.6 Å². The number of hydrogen-bond acceptors (Lipinski definition) is 8. The topological polar surface area (TPSA) is 136 Å². The highest BCUT2D eigenvalue weighted by Crippen LogP contribution is 2.40. The first kappa shape index (κ1) is 20.1. The van der Waals surface area contributed by atoms with Crippen molar-refractivity contribution in [3.63, 3.8) is 0 Å². The number of carbonyl (C=O) groups is 1. The molecule has 0 radical (unpaired) electrons. The fraction of sp³-hybridized carbons (Fsp3) is 0.278. The number of benzene rings is 1. The molecule has 8 nitrogen and oxygen atoms in total. The van der Waals surface area contributed by atoms with E-state index >= 15 is 0 Å². The number of rotatable bonds is 7. The predicted molar refractivity (Wildman–Crippen MR) is 112 cm³/mol. The summed E-state index contributed by atoms with van der Waals surface area (Å²) >= 11 is 7.31. The minimum absolute atomic E-state index is 0.0721. The van der Waals surface area contributed by atoms with Crippen LogP contribution >= 0.6 is 22.9 Å². The van der Waals surface area contributed by atoms with Gasteiger partial charge < -0.3 is 26.6 Å². The normalized spacial score (nSPS) is 12.1. The number of fused-ring (bicyclic) bond motifs is 1. The highest BCUT2D eigenvalue weighted by Gasteiger charge is 2.22. The van der Waals surface area contributed by atoms with Crippen LogP contribution in [0.4, 0.5) is 11.6 Å². The number of aliphatic hydroxyl groups is 1. The van der Waals surface area contributed by atoms with Crippen LogP contribution in [0, 0.1) is 0 Å². The van der Waals surface area contributed by atoms with E-state index in [4.69, 9.17) is 27.8 Å². The summed E-state index contributed by atoms with van der Waals surface area (Å²) in [6.07, 6.45) is 0.678. The van der Waals surface area contributed by atoms with E-state index in [1.165, 1.54) is 7.11 Å². The Bertz CT molecular complexity index is 1040. The molecule has 1 amide bonds. The van der Waals surface area contributed by atoms with Crippen molar-refractivity contribution < 1.29 is 14.6 Å². The van der Waals surface area contributed by atoms with E-state index in [-0.39, 0.29) is 23.2 Å². The number of thiophene rings is 1. The van der Waals surface area contributed by atoms with Crippen molar-refractivity contribution in [2.75, 3.05) is 24.8 Å². The molecule has 0 aliphatic rings. The second kappa shape index (κ2) is 8.17. The average molecular weight is 422 g/mol. The lowest BCUT2D eigenvalue weighted by Crippen LogP contribution is -2.24. The Balaban J connectivity index is 2.28. The van der Waals surface area contributed by atoms with Crippen molar-refractivity contribution >= 4 is 50.7 Å². The van der Waals surface area contributed by atoms with Gasteiger partial charge >= 0.3 is 0 Å². The number of hydrogen-bond donors (Lipinski definition) is 4. The Morgan fingerprint density at radius 3 is 2.75 bits per heavy atom. The number of primary amides is 1. The summed E-state index contributed by atoms with van der Waals surface area (Å²) in [6.45, 7) is 1.86. The van der Waals surface area contributed by atoms with E-state index in [2.05, 4.69) is 15.3 Å². The highest BCUT2D eigenvalue weighted by atomic mass is 35.5. The molecule has 1 atom stereocenters. The van der Waals surface area contributed by atoms with Crippen molar-refractivity contribution in [3.05, 3.63) is 28.1 Å². The summed E-state index contributed by atoms with van der Waals surface area (Å²) < 4.78 is 5.29. The average Bonchev–Trinajstić information content (AvgIpc) is 3.01. The van der Waals surface area contributed by atoms with Gasteiger partial charge in [-0.2, -0.15) is 0 Å². The largest absolute Gasteiger partial charge is 0.497 e. The maximum atomic E-state index is 11.8. The lowest BCUT2D eigenvalue weighted by molar-refractivity contribution is 0.100.